The van der Waals surface area contributed by atoms with E-state index in [-0.39, 0.29) is 6.04 Å². The third-order valence-electron chi connectivity index (χ3n) is 2.72. The predicted octanol–water partition coefficient (Wildman–Crippen LogP) is 2.31. The van der Waals surface area contributed by atoms with E-state index in [4.69, 9.17) is 11.5 Å². The van der Waals surface area contributed by atoms with Gasteiger partial charge in [-0.1, -0.05) is 0 Å². The van der Waals surface area contributed by atoms with Crippen LogP contribution in [-0.4, -0.2) is 10.9 Å². The van der Waals surface area contributed by atoms with E-state index in [1.54, 1.807) is 29.5 Å². The molecule has 2 rings (SSSR count). The number of benzene rings is 1. The van der Waals surface area contributed by atoms with E-state index >= 15 is 0 Å². The molecule has 1 aromatic carbocycles. The summed E-state index contributed by atoms with van der Waals surface area (Å²) in [6.07, 6.45) is 0. The maximum Gasteiger partial charge on any atom is 0.248 e. The van der Waals surface area contributed by atoms with E-state index in [0.717, 1.165) is 16.4 Å². The fourth-order valence-electron chi connectivity index (χ4n) is 1.71. The van der Waals surface area contributed by atoms with E-state index in [0.29, 0.717) is 11.3 Å². The van der Waals surface area contributed by atoms with Crippen molar-refractivity contribution in [3.8, 4) is 0 Å². The first kappa shape index (κ1) is 13.4. The predicted molar refractivity (Wildman–Crippen MR) is 78.3 cm³/mol. The van der Waals surface area contributed by atoms with Gasteiger partial charge in [-0.05, 0) is 32.0 Å². The van der Waals surface area contributed by atoms with Gasteiger partial charge >= 0.3 is 0 Å². The Bertz CT molecular complexity index is 608. The quantitative estimate of drug-likeness (QED) is 0.747. The lowest BCUT2D eigenvalue weighted by Crippen LogP contribution is -2.13. The van der Waals surface area contributed by atoms with Crippen LogP contribution in [0.3, 0.4) is 0 Å². The molecule has 6 heteroatoms. The van der Waals surface area contributed by atoms with Crippen LogP contribution in [0.4, 0.5) is 11.4 Å². The lowest BCUT2D eigenvalue weighted by Gasteiger charge is -2.15. The van der Waals surface area contributed by atoms with Crippen molar-refractivity contribution in [2.24, 2.45) is 5.73 Å². The molecule has 0 aliphatic carbocycles. The minimum Gasteiger partial charge on any atom is -0.397 e. The van der Waals surface area contributed by atoms with Crippen molar-refractivity contribution >= 4 is 28.6 Å². The number of hydrogen-bond acceptors (Lipinski definition) is 5. The van der Waals surface area contributed by atoms with Gasteiger partial charge in [0.2, 0.25) is 5.91 Å². The number of aromatic nitrogens is 1. The first-order valence-corrected chi connectivity index (χ1v) is 6.73. The summed E-state index contributed by atoms with van der Waals surface area (Å²) in [5.41, 5.74) is 13.8. The monoisotopic (exact) mass is 276 g/mol. The molecular weight excluding hydrogens is 260 g/mol. The van der Waals surface area contributed by atoms with Crippen LogP contribution in [-0.2, 0) is 0 Å². The Hall–Kier alpha value is -2.08. The fraction of sp³-hybridized carbons (Fsp3) is 0.231. The van der Waals surface area contributed by atoms with E-state index in [9.17, 15) is 4.79 Å². The second-order valence-corrected chi connectivity index (χ2v) is 5.25. The van der Waals surface area contributed by atoms with Crippen LogP contribution in [0.15, 0.2) is 23.6 Å². The molecule has 1 heterocycles. The average Bonchev–Trinajstić information content (AvgIpc) is 2.78. The Morgan fingerprint density at radius 1 is 1.47 bits per heavy atom. The summed E-state index contributed by atoms with van der Waals surface area (Å²) in [4.78, 5) is 15.5. The number of hydrogen-bond donors (Lipinski definition) is 3. The SMILES string of the molecule is Cc1csc(C(C)Nc2ccc(C(N)=O)cc2N)n1. The molecule has 0 spiro atoms. The lowest BCUT2D eigenvalue weighted by molar-refractivity contribution is 0.100. The molecule has 0 radical (unpaired) electrons. The van der Waals surface area contributed by atoms with Gasteiger partial charge in [0, 0.05) is 16.6 Å². The Kier molecular flexibility index (Phi) is 3.71. The molecule has 0 fully saturated rings. The van der Waals surface area contributed by atoms with Crippen molar-refractivity contribution in [1.29, 1.82) is 0 Å². The molecule has 0 aliphatic heterocycles. The van der Waals surface area contributed by atoms with Crippen molar-refractivity contribution < 1.29 is 4.79 Å². The summed E-state index contributed by atoms with van der Waals surface area (Å²) < 4.78 is 0. The number of thiazole rings is 1. The zero-order valence-corrected chi connectivity index (χ0v) is 11.6. The Balaban J connectivity index is 2.17. The maximum absolute atomic E-state index is 11.0. The fourth-order valence-corrected chi connectivity index (χ4v) is 2.52. The minimum absolute atomic E-state index is 0.0560. The molecular formula is C13H16N4OS. The molecule has 5 N–H and O–H groups in total. The Morgan fingerprint density at radius 2 is 2.21 bits per heavy atom. The Labute approximate surface area is 115 Å². The highest BCUT2D eigenvalue weighted by Crippen LogP contribution is 2.26. The normalized spacial score (nSPS) is 12.1. The van der Waals surface area contributed by atoms with Crippen LogP contribution in [0, 0.1) is 6.92 Å². The summed E-state index contributed by atoms with van der Waals surface area (Å²) in [5, 5.41) is 6.28. The molecule has 0 saturated heterocycles. The van der Waals surface area contributed by atoms with Gasteiger partial charge in [-0.15, -0.1) is 11.3 Å². The summed E-state index contributed by atoms with van der Waals surface area (Å²) >= 11 is 1.60. The molecule has 1 amide bonds. The van der Waals surface area contributed by atoms with Crippen LogP contribution in [0.5, 0.6) is 0 Å². The number of nitrogens with zero attached hydrogens (tertiary/aromatic N) is 1. The van der Waals surface area contributed by atoms with E-state index < -0.39 is 5.91 Å². The minimum atomic E-state index is -0.484. The van der Waals surface area contributed by atoms with E-state index in [2.05, 4.69) is 10.3 Å². The molecule has 0 bridgehead atoms. The topological polar surface area (TPSA) is 94.0 Å². The molecule has 1 atom stereocenters. The van der Waals surface area contributed by atoms with Crippen LogP contribution < -0.4 is 16.8 Å². The Morgan fingerprint density at radius 3 is 2.74 bits per heavy atom. The number of anilines is 2. The van der Waals surface area contributed by atoms with Gasteiger partial charge in [0.15, 0.2) is 0 Å². The van der Waals surface area contributed by atoms with E-state index in [1.807, 2.05) is 19.2 Å². The summed E-state index contributed by atoms with van der Waals surface area (Å²) in [6, 6.07) is 5.04. The molecule has 100 valence electrons. The third-order valence-corrected chi connectivity index (χ3v) is 3.86. The zero-order valence-electron chi connectivity index (χ0n) is 10.8. The third kappa shape index (κ3) is 3.03. The highest BCUT2D eigenvalue weighted by atomic mass is 32.1. The highest BCUT2D eigenvalue weighted by molar-refractivity contribution is 7.09. The number of primary amides is 1. The van der Waals surface area contributed by atoms with Crippen molar-refractivity contribution in [2.75, 3.05) is 11.1 Å². The zero-order chi connectivity index (χ0) is 14.0. The molecule has 5 nitrogen and oxygen atoms in total. The second kappa shape index (κ2) is 5.27. The van der Waals surface area contributed by atoms with Gasteiger partial charge in [-0.2, -0.15) is 0 Å². The number of carbonyl (C=O) groups excluding carboxylic acids is 1. The molecule has 0 aliphatic rings. The number of nitrogens with two attached hydrogens (primary N) is 2. The van der Waals surface area contributed by atoms with Gasteiger partial charge in [-0.3, -0.25) is 4.79 Å². The number of nitrogens with one attached hydrogen (secondary N) is 1. The molecule has 1 aromatic heterocycles. The van der Waals surface area contributed by atoms with Crippen LogP contribution in [0.2, 0.25) is 0 Å². The first-order valence-electron chi connectivity index (χ1n) is 5.85. The molecule has 0 saturated carbocycles. The smallest absolute Gasteiger partial charge is 0.248 e. The first-order chi connectivity index (χ1) is 8.97. The largest absolute Gasteiger partial charge is 0.397 e. The van der Waals surface area contributed by atoms with Crippen molar-refractivity contribution in [3.05, 3.63) is 39.8 Å². The number of nitrogen functional groups attached to an aromatic ring is 1. The van der Waals surface area contributed by atoms with Crippen molar-refractivity contribution in [3.63, 3.8) is 0 Å². The number of carbonyl (C=O) groups is 1. The van der Waals surface area contributed by atoms with E-state index in [1.165, 1.54) is 0 Å². The molecule has 19 heavy (non-hydrogen) atoms. The average molecular weight is 276 g/mol. The molecule has 1 unspecified atom stereocenters. The van der Waals surface area contributed by atoms with Gasteiger partial charge in [0.05, 0.1) is 17.4 Å². The van der Waals surface area contributed by atoms with Gasteiger partial charge in [0.25, 0.3) is 0 Å². The van der Waals surface area contributed by atoms with Crippen molar-refractivity contribution in [2.45, 2.75) is 19.9 Å². The number of amides is 1. The standard InChI is InChI=1S/C13H16N4OS/c1-7-6-19-13(16-7)8(2)17-11-4-3-9(12(15)18)5-10(11)14/h3-6,8,17H,14H2,1-2H3,(H2,15,18). The van der Waals surface area contributed by atoms with Gasteiger partial charge in [0.1, 0.15) is 5.01 Å². The molecule has 2 aromatic rings. The summed E-state index contributed by atoms with van der Waals surface area (Å²) in [5.74, 6) is -0.484. The maximum atomic E-state index is 11.0. The van der Waals surface area contributed by atoms with Gasteiger partial charge < -0.3 is 16.8 Å². The summed E-state index contributed by atoms with van der Waals surface area (Å²) in [7, 11) is 0. The van der Waals surface area contributed by atoms with Crippen molar-refractivity contribution in [1.82, 2.24) is 4.98 Å². The lowest BCUT2D eigenvalue weighted by atomic mass is 10.1. The number of aryl methyl sites for hydroxylation is 1. The van der Waals surface area contributed by atoms with Crippen LogP contribution >= 0.6 is 11.3 Å². The number of rotatable bonds is 4. The summed E-state index contributed by atoms with van der Waals surface area (Å²) in [6.45, 7) is 3.97. The van der Waals surface area contributed by atoms with Crippen LogP contribution in [0.25, 0.3) is 0 Å². The van der Waals surface area contributed by atoms with Gasteiger partial charge in [-0.25, -0.2) is 4.98 Å². The highest BCUT2D eigenvalue weighted by Gasteiger charge is 2.11. The second-order valence-electron chi connectivity index (χ2n) is 4.36. The van der Waals surface area contributed by atoms with Crippen LogP contribution in [0.1, 0.15) is 34.0 Å².